The zero-order valence-corrected chi connectivity index (χ0v) is 9.51. The quantitative estimate of drug-likeness (QED) is 0.843. The first-order chi connectivity index (χ1) is 7.74. The molecule has 0 aliphatic rings. The predicted molar refractivity (Wildman–Crippen MR) is 62.0 cm³/mol. The van der Waals surface area contributed by atoms with Crippen LogP contribution < -0.4 is 0 Å². The molecule has 0 amide bonds. The van der Waals surface area contributed by atoms with Gasteiger partial charge in [0.05, 0.1) is 12.3 Å². The van der Waals surface area contributed by atoms with Gasteiger partial charge in [0, 0.05) is 37.1 Å². The lowest BCUT2D eigenvalue weighted by molar-refractivity contribution is 0.295. The van der Waals surface area contributed by atoms with Crippen LogP contribution in [0.15, 0.2) is 24.5 Å². The van der Waals surface area contributed by atoms with E-state index in [0.29, 0.717) is 6.42 Å². The molecule has 0 spiro atoms. The minimum Gasteiger partial charge on any atom is -0.396 e. The van der Waals surface area contributed by atoms with Crippen molar-refractivity contribution in [1.29, 1.82) is 0 Å². The Labute approximate surface area is 94.6 Å². The van der Waals surface area contributed by atoms with Crippen LogP contribution in [0.25, 0.3) is 11.3 Å². The first kappa shape index (κ1) is 10.8. The molecule has 0 unspecified atom stereocenters. The van der Waals surface area contributed by atoms with Crippen LogP contribution in [0.1, 0.15) is 11.5 Å². The topological polar surface area (TPSA) is 50.9 Å². The van der Waals surface area contributed by atoms with E-state index < -0.39 is 0 Å². The molecule has 2 aromatic rings. The lowest BCUT2D eigenvalue weighted by atomic mass is 10.2. The second kappa shape index (κ2) is 4.45. The summed E-state index contributed by atoms with van der Waals surface area (Å²) in [5, 5.41) is 8.95. The van der Waals surface area contributed by atoms with Crippen LogP contribution in [-0.2, 0) is 13.5 Å². The van der Waals surface area contributed by atoms with Crippen LogP contribution in [0.3, 0.4) is 0 Å². The van der Waals surface area contributed by atoms with Crippen LogP contribution >= 0.6 is 0 Å². The van der Waals surface area contributed by atoms with Crippen LogP contribution in [0.4, 0.5) is 0 Å². The Hall–Kier alpha value is -1.68. The molecule has 0 saturated carbocycles. The van der Waals surface area contributed by atoms with Gasteiger partial charge in [0.1, 0.15) is 5.82 Å². The van der Waals surface area contributed by atoms with E-state index in [4.69, 9.17) is 5.11 Å². The SMILES string of the molecule is Cc1c(-c2ccncc2)nc(CCO)n1C. The van der Waals surface area contributed by atoms with Crippen LogP contribution in [0, 0.1) is 6.92 Å². The van der Waals surface area contributed by atoms with Gasteiger partial charge in [-0.1, -0.05) is 0 Å². The average Bonchev–Trinajstić information content (AvgIpc) is 2.59. The van der Waals surface area contributed by atoms with Crippen molar-refractivity contribution < 1.29 is 5.11 Å². The molecule has 84 valence electrons. The predicted octanol–water partition coefficient (Wildman–Crippen LogP) is 1.33. The molecule has 0 saturated heterocycles. The number of hydrogen-bond donors (Lipinski definition) is 1. The second-order valence-corrected chi connectivity index (χ2v) is 3.73. The Morgan fingerprint density at radius 2 is 2.00 bits per heavy atom. The summed E-state index contributed by atoms with van der Waals surface area (Å²) in [4.78, 5) is 8.54. The highest BCUT2D eigenvalue weighted by molar-refractivity contribution is 5.61. The zero-order chi connectivity index (χ0) is 11.5. The molecule has 0 aromatic carbocycles. The zero-order valence-electron chi connectivity index (χ0n) is 9.51. The second-order valence-electron chi connectivity index (χ2n) is 3.73. The fraction of sp³-hybridized carbons (Fsp3) is 0.333. The summed E-state index contributed by atoms with van der Waals surface area (Å²) in [6.07, 6.45) is 4.10. The van der Waals surface area contributed by atoms with Crippen LogP contribution in [0.2, 0.25) is 0 Å². The molecule has 4 nitrogen and oxygen atoms in total. The maximum Gasteiger partial charge on any atom is 0.111 e. The summed E-state index contributed by atoms with van der Waals surface area (Å²) in [7, 11) is 1.97. The number of nitrogens with zero attached hydrogens (tertiary/aromatic N) is 3. The lowest BCUT2D eigenvalue weighted by Gasteiger charge is -2.00. The third-order valence-corrected chi connectivity index (χ3v) is 2.76. The van der Waals surface area contributed by atoms with Gasteiger partial charge in [-0.05, 0) is 19.1 Å². The fourth-order valence-corrected chi connectivity index (χ4v) is 1.74. The number of pyridine rings is 1. The fourth-order valence-electron chi connectivity index (χ4n) is 1.74. The molecule has 0 fully saturated rings. The third kappa shape index (κ3) is 1.84. The minimum absolute atomic E-state index is 0.125. The van der Waals surface area contributed by atoms with Crippen molar-refractivity contribution >= 4 is 0 Å². The van der Waals surface area contributed by atoms with Gasteiger partial charge in [-0.2, -0.15) is 0 Å². The summed E-state index contributed by atoms with van der Waals surface area (Å²) in [6, 6.07) is 3.89. The Kier molecular flexibility index (Phi) is 3.01. The number of aromatic nitrogens is 3. The first-order valence-electron chi connectivity index (χ1n) is 5.27. The number of imidazole rings is 1. The first-order valence-corrected chi connectivity index (χ1v) is 5.27. The Morgan fingerprint density at radius 3 is 2.62 bits per heavy atom. The van der Waals surface area contributed by atoms with Crippen LogP contribution in [0.5, 0.6) is 0 Å². The van der Waals surface area contributed by atoms with Gasteiger partial charge in [0.25, 0.3) is 0 Å². The van der Waals surface area contributed by atoms with E-state index in [-0.39, 0.29) is 6.61 Å². The van der Waals surface area contributed by atoms with Gasteiger partial charge >= 0.3 is 0 Å². The minimum atomic E-state index is 0.125. The summed E-state index contributed by atoms with van der Waals surface area (Å²) in [5.41, 5.74) is 3.13. The molecule has 2 rings (SSSR count). The van der Waals surface area contributed by atoms with Crippen molar-refractivity contribution in [2.75, 3.05) is 6.61 Å². The molecule has 4 heteroatoms. The molecule has 0 aliphatic carbocycles. The third-order valence-electron chi connectivity index (χ3n) is 2.76. The molecule has 16 heavy (non-hydrogen) atoms. The molecule has 0 aliphatic heterocycles. The number of aliphatic hydroxyl groups is 1. The van der Waals surface area contributed by atoms with E-state index in [1.165, 1.54) is 0 Å². The van der Waals surface area contributed by atoms with Crippen molar-refractivity contribution in [2.45, 2.75) is 13.3 Å². The van der Waals surface area contributed by atoms with Gasteiger partial charge in [-0.25, -0.2) is 4.98 Å². The molecular formula is C12H15N3O. The average molecular weight is 217 g/mol. The monoisotopic (exact) mass is 217 g/mol. The molecule has 0 bridgehead atoms. The van der Waals surface area contributed by atoms with E-state index in [0.717, 1.165) is 22.8 Å². The van der Waals surface area contributed by atoms with E-state index in [1.807, 2.05) is 30.7 Å². The molecule has 2 aromatic heterocycles. The molecule has 2 heterocycles. The highest BCUT2D eigenvalue weighted by Crippen LogP contribution is 2.22. The molecular weight excluding hydrogens is 202 g/mol. The normalized spacial score (nSPS) is 10.7. The van der Waals surface area contributed by atoms with Crippen LogP contribution in [-0.4, -0.2) is 26.2 Å². The largest absolute Gasteiger partial charge is 0.396 e. The van der Waals surface area contributed by atoms with E-state index in [2.05, 4.69) is 9.97 Å². The Morgan fingerprint density at radius 1 is 1.31 bits per heavy atom. The standard InChI is InChI=1S/C12H15N3O/c1-9-12(10-3-6-13-7-4-10)14-11(5-8-16)15(9)2/h3-4,6-7,16H,5,8H2,1-2H3. The highest BCUT2D eigenvalue weighted by Gasteiger charge is 2.11. The number of hydrogen-bond acceptors (Lipinski definition) is 3. The van der Waals surface area contributed by atoms with Gasteiger partial charge in [0.15, 0.2) is 0 Å². The van der Waals surface area contributed by atoms with Crippen molar-refractivity contribution in [3.05, 3.63) is 36.0 Å². The maximum atomic E-state index is 8.95. The molecule has 1 N–H and O–H groups in total. The maximum absolute atomic E-state index is 8.95. The number of aliphatic hydroxyl groups excluding tert-OH is 1. The highest BCUT2D eigenvalue weighted by atomic mass is 16.3. The van der Waals surface area contributed by atoms with Gasteiger partial charge in [-0.3, -0.25) is 4.98 Å². The van der Waals surface area contributed by atoms with Crippen molar-refractivity contribution in [3.8, 4) is 11.3 Å². The van der Waals surface area contributed by atoms with Gasteiger partial charge in [-0.15, -0.1) is 0 Å². The van der Waals surface area contributed by atoms with Gasteiger partial charge in [0.2, 0.25) is 0 Å². The Bertz CT molecular complexity index is 477. The lowest BCUT2D eigenvalue weighted by Crippen LogP contribution is -2.01. The van der Waals surface area contributed by atoms with E-state index >= 15 is 0 Å². The molecule has 0 atom stereocenters. The summed E-state index contributed by atoms with van der Waals surface area (Å²) < 4.78 is 2.02. The Balaban J connectivity index is 2.46. The van der Waals surface area contributed by atoms with E-state index in [9.17, 15) is 0 Å². The summed E-state index contributed by atoms with van der Waals surface area (Å²) in [6.45, 7) is 2.16. The molecule has 0 radical (unpaired) electrons. The summed E-state index contributed by atoms with van der Waals surface area (Å²) in [5.74, 6) is 0.909. The van der Waals surface area contributed by atoms with E-state index in [1.54, 1.807) is 12.4 Å². The van der Waals surface area contributed by atoms with Crippen molar-refractivity contribution in [3.63, 3.8) is 0 Å². The smallest absolute Gasteiger partial charge is 0.111 e. The summed E-state index contributed by atoms with van der Waals surface area (Å²) >= 11 is 0. The van der Waals surface area contributed by atoms with Gasteiger partial charge < -0.3 is 9.67 Å². The number of rotatable bonds is 3. The van der Waals surface area contributed by atoms with Crippen molar-refractivity contribution in [1.82, 2.24) is 14.5 Å². The van der Waals surface area contributed by atoms with Crippen molar-refractivity contribution in [2.24, 2.45) is 7.05 Å².